The Hall–Kier alpha value is -4.00. The highest BCUT2D eigenvalue weighted by Crippen LogP contribution is 2.38. The number of phenols is 1. The van der Waals surface area contributed by atoms with Crippen LogP contribution in [0, 0.1) is 10.1 Å². The van der Waals surface area contributed by atoms with E-state index >= 15 is 0 Å². The summed E-state index contributed by atoms with van der Waals surface area (Å²) in [5.74, 6) is -0.486. The molecule has 0 aromatic heterocycles. The molecular formula is C26H24N2O5. The van der Waals surface area contributed by atoms with Crippen LogP contribution in [0.5, 0.6) is 5.75 Å². The molecule has 168 valence electrons. The molecule has 0 radical (unpaired) electrons. The second-order valence-electron chi connectivity index (χ2n) is 8.79. The van der Waals surface area contributed by atoms with E-state index in [0.717, 1.165) is 33.2 Å². The molecule has 1 heterocycles. The van der Waals surface area contributed by atoms with E-state index < -0.39 is 16.7 Å². The van der Waals surface area contributed by atoms with Gasteiger partial charge in [0.25, 0.3) is 17.5 Å². The lowest BCUT2D eigenvalue weighted by Crippen LogP contribution is -2.29. The zero-order valence-electron chi connectivity index (χ0n) is 18.8. The van der Waals surface area contributed by atoms with Gasteiger partial charge in [-0.3, -0.25) is 19.7 Å². The summed E-state index contributed by atoms with van der Waals surface area (Å²) in [7, 11) is 0. The van der Waals surface area contributed by atoms with Crippen molar-refractivity contribution in [3.63, 3.8) is 0 Å². The lowest BCUT2D eigenvalue weighted by Gasteiger charge is -2.18. The van der Waals surface area contributed by atoms with Crippen molar-refractivity contribution in [3.05, 3.63) is 87.0 Å². The summed E-state index contributed by atoms with van der Waals surface area (Å²) in [5.41, 5.74) is 3.88. The average molecular weight is 444 g/mol. The summed E-state index contributed by atoms with van der Waals surface area (Å²) in [6, 6.07) is 14.6. The fourth-order valence-electron chi connectivity index (χ4n) is 4.11. The number of anilines is 1. The van der Waals surface area contributed by atoms with Crippen molar-refractivity contribution < 1.29 is 19.6 Å². The number of benzene rings is 3. The maximum absolute atomic E-state index is 12.9. The van der Waals surface area contributed by atoms with Crippen LogP contribution in [0.2, 0.25) is 0 Å². The van der Waals surface area contributed by atoms with Gasteiger partial charge in [-0.15, -0.1) is 0 Å². The van der Waals surface area contributed by atoms with E-state index in [2.05, 4.69) is 0 Å². The first-order valence-electron chi connectivity index (χ1n) is 10.7. The number of rotatable bonds is 5. The van der Waals surface area contributed by atoms with Crippen LogP contribution in [0.3, 0.4) is 0 Å². The van der Waals surface area contributed by atoms with Crippen LogP contribution in [0.4, 0.5) is 11.4 Å². The molecule has 0 saturated heterocycles. The Morgan fingerprint density at radius 3 is 1.85 bits per heavy atom. The minimum absolute atomic E-state index is 0.0277. The number of fused-ring (bicyclic) bond motifs is 1. The number of nitro benzene ring substituents is 1. The first kappa shape index (κ1) is 22.2. The van der Waals surface area contributed by atoms with Gasteiger partial charge in [-0.05, 0) is 64.4 Å². The number of amides is 2. The van der Waals surface area contributed by atoms with E-state index in [9.17, 15) is 24.8 Å². The van der Waals surface area contributed by atoms with Crippen molar-refractivity contribution >= 4 is 23.2 Å². The number of imide groups is 1. The molecule has 0 atom stereocenters. The van der Waals surface area contributed by atoms with Gasteiger partial charge in [-0.25, -0.2) is 4.90 Å². The summed E-state index contributed by atoms with van der Waals surface area (Å²) in [6.45, 7) is 8.11. The third kappa shape index (κ3) is 3.75. The largest absolute Gasteiger partial charge is 0.507 e. The van der Waals surface area contributed by atoms with Crippen LogP contribution in [-0.4, -0.2) is 21.8 Å². The Morgan fingerprint density at radius 1 is 0.788 bits per heavy atom. The molecule has 0 aliphatic carbocycles. The Labute approximate surface area is 191 Å². The maximum Gasteiger partial charge on any atom is 0.270 e. The second-order valence-corrected chi connectivity index (χ2v) is 8.79. The molecule has 0 spiro atoms. The maximum atomic E-state index is 12.9. The van der Waals surface area contributed by atoms with Crippen molar-refractivity contribution in [2.75, 3.05) is 4.90 Å². The first-order chi connectivity index (χ1) is 15.6. The molecular weight excluding hydrogens is 420 g/mol. The molecule has 7 nitrogen and oxygen atoms in total. The number of nitrogens with zero attached hydrogens (tertiary/aromatic N) is 2. The van der Waals surface area contributed by atoms with Gasteiger partial charge in [0, 0.05) is 12.1 Å². The summed E-state index contributed by atoms with van der Waals surface area (Å²) in [5, 5.41) is 21.7. The normalized spacial score (nSPS) is 13.2. The smallest absolute Gasteiger partial charge is 0.270 e. The number of non-ortho nitro benzene ring substituents is 1. The fraction of sp³-hybridized carbons (Fsp3) is 0.231. The minimum Gasteiger partial charge on any atom is -0.507 e. The van der Waals surface area contributed by atoms with E-state index in [1.165, 1.54) is 12.1 Å². The van der Waals surface area contributed by atoms with Gasteiger partial charge in [0.05, 0.1) is 21.7 Å². The molecule has 3 aromatic rings. The van der Waals surface area contributed by atoms with Crippen LogP contribution < -0.4 is 4.90 Å². The fourth-order valence-corrected chi connectivity index (χ4v) is 4.11. The number of carbonyl (C=O) groups excluding carboxylic acids is 2. The number of hydrogen-bond acceptors (Lipinski definition) is 5. The van der Waals surface area contributed by atoms with Crippen molar-refractivity contribution in [2.45, 2.75) is 39.5 Å². The van der Waals surface area contributed by atoms with E-state index in [-0.39, 0.29) is 28.7 Å². The molecule has 7 heteroatoms. The number of carbonyl (C=O) groups is 2. The molecule has 1 N–H and O–H groups in total. The SMILES string of the molecule is CC(C)c1cc(-c2ccc(N3C(=O)c4ccc([N+](=O)[O-])cc4C3=O)cc2)cc(C(C)C)c1O. The Kier molecular flexibility index (Phi) is 5.49. The minimum atomic E-state index is -0.593. The predicted molar refractivity (Wildman–Crippen MR) is 126 cm³/mol. The topological polar surface area (TPSA) is 101 Å². The lowest BCUT2D eigenvalue weighted by molar-refractivity contribution is -0.384. The average Bonchev–Trinajstić information content (AvgIpc) is 3.03. The highest BCUT2D eigenvalue weighted by Gasteiger charge is 2.37. The summed E-state index contributed by atoms with van der Waals surface area (Å²) in [6.07, 6.45) is 0. The van der Waals surface area contributed by atoms with Crippen molar-refractivity contribution in [3.8, 4) is 16.9 Å². The molecule has 2 amide bonds. The third-order valence-corrected chi connectivity index (χ3v) is 5.95. The van der Waals surface area contributed by atoms with Crippen molar-refractivity contribution in [1.29, 1.82) is 0 Å². The molecule has 0 fully saturated rings. The van der Waals surface area contributed by atoms with Gasteiger partial charge in [0.15, 0.2) is 0 Å². The second kappa shape index (κ2) is 8.16. The zero-order valence-corrected chi connectivity index (χ0v) is 18.8. The van der Waals surface area contributed by atoms with E-state index in [1.807, 2.05) is 52.0 Å². The van der Waals surface area contributed by atoms with Gasteiger partial charge in [-0.1, -0.05) is 39.8 Å². The van der Waals surface area contributed by atoms with Crippen LogP contribution in [0.1, 0.15) is 71.4 Å². The van der Waals surface area contributed by atoms with E-state index in [4.69, 9.17) is 0 Å². The molecule has 1 aliphatic rings. The Bertz CT molecular complexity index is 1260. The predicted octanol–water partition coefficient (Wildman–Crippen LogP) is 6.01. The highest BCUT2D eigenvalue weighted by atomic mass is 16.6. The van der Waals surface area contributed by atoms with E-state index in [1.54, 1.807) is 12.1 Å². The molecule has 3 aromatic carbocycles. The van der Waals surface area contributed by atoms with E-state index in [0.29, 0.717) is 11.4 Å². The molecule has 4 rings (SSSR count). The molecule has 33 heavy (non-hydrogen) atoms. The van der Waals surface area contributed by atoms with Crippen LogP contribution in [-0.2, 0) is 0 Å². The number of hydrogen-bond donors (Lipinski definition) is 1. The van der Waals surface area contributed by atoms with Crippen LogP contribution in [0.15, 0.2) is 54.6 Å². The van der Waals surface area contributed by atoms with Gasteiger partial charge in [0.1, 0.15) is 5.75 Å². The molecule has 0 saturated carbocycles. The lowest BCUT2D eigenvalue weighted by atomic mass is 9.89. The molecule has 0 unspecified atom stereocenters. The Balaban J connectivity index is 1.70. The zero-order chi connectivity index (χ0) is 24.0. The van der Waals surface area contributed by atoms with Gasteiger partial charge in [0.2, 0.25) is 0 Å². The Morgan fingerprint density at radius 2 is 1.33 bits per heavy atom. The summed E-state index contributed by atoms with van der Waals surface area (Å²) in [4.78, 5) is 37.2. The summed E-state index contributed by atoms with van der Waals surface area (Å²) >= 11 is 0. The number of nitro groups is 1. The highest BCUT2D eigenvalue weighted by molar-refractivity contribution is 6.34. The standard InChI is InChI=1S/C26H24N2O5/c1-14(2)21-11-17(12-22(15(3)4)24(21)29)16-5-7-18(8-6-16)27-25(30)20-10-9-19(28(32)33)13-23(20)26(27)31/h5-15,29H,1-4H3. The quantitative estimate of drug-likeness (QED) is 0.295. The number of phenolic OH excluding ortho intramolecular Hbond substituents is 1. The molecule has 0 bridgehead atoms. The van der Waals surface area contributed by atoms with Gasteiger partial charge in [-0.2, -0.15) is 0 Å². The van der Waals surface area contributed by atoms with Gasteiger partial charge < -0.3 is 5.11 Å². The first-order valence-corrected chi connectivity index (χ1v) is 10.7. The number of aromatic hydroxyl groups is 1. The van der Waals surface area contributed by atoms with Gasteiger partial charge >= 0.3 is 0 Å². The van der Waals surface area contributed by atoms with Crippen molar-refractivity contribution in [1.82, 2.24) is 0 Å². The summed E-state index contributed by atoms with van der Waals surface area (Å²) < 4.78 is 0. The monoisotopic (exact) mass is 444 g/mol. The van der Waals surface area contributed by atoms with Crippen LogP contribution in [0.25, 0.3) is 11.1 Å². The van der Waals surface area contributed by atoms with Crippen LogP contribution >= 0.6 is 0 Å². The third-order valence-electron chi connectivity index (χ3n) is 5.95. The van der Waals surface area contributed by atoms with Crippen molar-refractivity contribution in [2.24, 2.45) is 0 Å². The molecule has 1 aliphatic heterocycles.